The summed E-state index contributed by atoms with van der Waals surface area (Å²) in [6, 6.07) is 0. The van der Waals surface area contributed by atoms with Crippen LogP contribution in [0.25, 0.3) is 0 Å². The Morgan fingerprint density at radius 2 is 2.10 bits per heavy atom. The van der Waals surface area contributed by atoms with Gasteiger partial charge in [-0.15, -0.1) is 0 Å². The van der Waals surface area contributed by atoms with Gasteiger partial charge in [0.15, 0.2) is 7.98 Å². The Labute approximate surface area is 63.0 Å². The molecule has 2 radical (unpaired) electrons. The average Bonchev–Trinajstić information content (AvgIpc) is 2.60. The summed E-state index contributed by atoms with van der Waals surface area (Å²) in [6.07, 6.45) is 3.18. The van der Waals surface area contributed by atoms with Crippen molar-refractivity contribution in [2.75, 3.05) is 19.7 Å². The summed E-state index contributed by atoms with van der Waals surface area (Å²) >= 11 is 0. The van der Waals surface area contributed by atoms with Crippen molar-refractivity contribution in [3.05, 3.63) is 0 Å². The third-order valence-electron chi connectivity index (χ3n) is 2.14. The summed E-state index contributed by atoms with van der Waals surface area (Å²) in [4.78, 5) is 1.79. The molecule has 1 saturated carbocycles. The molecular weight excluding hydrogens is 125 g/mol. The van der Waals surface area contributed by atoms with Crippen molar-refractivity contribution in [1.82, 2.24) is 4.81 Å². The first kappa shape index (κ1) is 6.68. The number of hydrogen-bond donors (Lipinski definition) is 0. The molecule has 1 saturated heterocycles. The number of hydrogen-bond acceptors (Lipinski definition) is 2. The molecule has 0 atom stereocenters. The molecule has 0 aromatic rings. The molecule has 0 aromatic carbocycles. The predicted octanol–water partition coefficient (Wildman–Crippen LogP) is 0.181. The predicted molar refractivity (Wildman–Crippen MR) is 39.8 cm³/mol. The van der Waals surface area contributed by atoms with Crippen LogP contribution < -0.4 is 0 Å². The summed E-state index contributed by atoms with van der Waals surface area (Å²) in [7, 11) is 5.44. The van der Waals surface area contributed by atoms with Crippen LogP contribution in [-0.2, 0) is 4.74 Å². The SMILES string of the molecule is [B]N1CC(OCC2CC2)C1. The van der Waals surface area contributed by atoms with Crippen LogP contribution in [-0.4, -0.2) is 38.6 Å². The summed E-state index contributed by atoms with van der Waals surface area (Å²) in [5, 5.41) is 0. The maximum Gasteiger partial charge on any atom is 0.182 e. The molecule has 2 nitrogen and oxygen atoms in total. The Hall–Kier alpha value is -0.0151. The Morgan fingerprint density at radius 1 is 1.40 bits per heavy atom. The summed E-state index contributed by atoms with van der Waals surface area (Å²) < 4.78 is 5.55. The van der Waals surface area contributed by atoms with E-state index >= 15 is 0 Å². The van der Waals surface area contributed by atoms with Gasteiger partial charge in [-0.05, 0) is 18.8 Å². The quantitative estimate of drug-likeness (QED) is 0.514. The number of rotatable bonds is 3. The summed E-state index contributed by atoms with van der Waals surface area (Å²) in [5.74, 6) is 0.881. The van der Waals surface area contributed by atoms with Crippen molar-refractivity contribution in [3.8, 4) is 0 Å². The van der Waals surface area contributed by atoms with E-state index in [4.69, 9.17) is 12.7 Å². The average molecular weight is 137 g/mol. The molecule has 0 aromatic heterocycles. The lowest BCUT2D eigenvalue weighted by Gasteiger charge is -2.36. The molecule has 0 amide bonds. The van der Waals surface area contributed by atoms with Crippen LogP contribution >= 0.6 is 0 Å². The van der Waals surface area contributed by atoms with Crippen LogP contribution in [0.2, 0.25) is 0 Å². The summed E-state index contributed by atoms with van der Waals surface area (Å²) in [5.41, 5.74) is 0. The van der Waals surface area contributed by atoms with Crippen LogP contribution in [0.1, 0.15) is 12.8 Å². The summed E-state index contributed by atoms with van der Waals surface area (Å²) in [6.45, 7) is 2.82. The zero-order chi connectivity index (χ0) is 6.97. The first-order chi connectivity index (χ1) is 4.84. The lowest BCUT2D eigenvalue weighted by molar-refractivity contribution is -0.0241. The normalized spacial score (nSPS) is 28.4. The highest BCUT2D eigenvalue weighted by atomic mass is 16.5. The topological polar surface area (TPSA) is 12.5 Å². The van der Waals surface area contributed by atoms with Crippen LogP contribution in [0.3, 0.4) is 0 Å². The minimum absolute atomic E-state index is 0.436. The maximum absolute atomic E-state index is 5.55. The highest BCUT2D eigenvalue weighted by Gasteiger charge is 2.27. The fourth-order valence-electron chi connectivity index (χ4n) is 1.13. The molecule has 3 heteroatoms. The van der Waals surface area contributed by atoms with Gasteiger partial charge in [0, 0.05) is 19.7 Å². The highest BCUT2D eigenvalue weighted by molar-refractivity contribution is 6.04. The van der Waals surface area contributed by atoms with Gasteiger partial charge in [0.05, 0.1) is 6.10 Å². The van der Waals surface area contributed by atoms with Gasteiger partial charge in [0.25, 0.3) is 0 Å². The zero-order valence-corrected chi connectivity index (χ0v) is 6.12. The third-order valence-corrected chi connectivity index (χ3v) is 2.14. The van der Waals surface area contributed by atoms with Crippen LogP contribution in [0.15, 0.2) is 0 Å². The second-order valence-electron chi connectivity index (χ2n) is 3.35. The van der Waals surface area contributed by atoms with Crippen LogP contribution in [0.4, 0.5) is 0 Å². The van der Waals surface area contributed by atoms with Gasteiger partial charge < -0.3 is 9.55 Å². The zero-order valence-electron chi connectivity index (χ0n) is 6.12. The van der Waals surface area contributed by atoms with Gasteiger partial charge in [0.1, 0.15) is 0 Å². The maximum atomic E-state index is 5.55. The number of ether oxygens (including phenoxy) is 1. The molecule has 10 heavy (non-hydrogen) atoms. The monoisotopic (exact) mass is 137 g/mol. The van der Waals surface area contributed by atoms with E-state index in [1.807, 2.05) is 0 Å². The minimum Gasteiger partial charge on any atom is -0.375 e. The fourth-order valence-corrected chi connectivity index (χ4v) is 1.13. The van der Waals surface area contributed by atoms with Crippen molar-refractivity contribution in [2.24, 2.45) is 5.92 Å². The second-order valence-corrected chi connectivity index (χ2v) is 3.35. The Bertz CT molecular complexity index is 121. The van der Waals surface area contributed by atoms with Gasteiger partial charge in [-0.3, -0.25) is 0 Å². The van der Waals surface area contributed by atoms with Gasteiger partial charge in [-0.2, -0.15) is 0 Å². The lowest BCUT2D eigenvalue weighted by atomic mass is 10.1. The largest absolute Gasteiger partial charge is 0.375 e. The van der Waals surface area contributed by atoms with E-state index < -0.39 is 0 Å². The molecule has 2 rings (SSSR count). The minimum atomic E-state index is 0.436. The number of nitrogens with zero attached hydrogens (tertiary/aromatic N) is 1. The first-order valence-corrected chi connectivity index (χ1v) is 3.96. The van der Waals surface area contributed by atoms with E-state index in [-0.39, 0.29) is 0 Å². The van der Waals surface area contributed by atoms with Gasteiger partial charge >= 0.3 is 0 Å². The van der Waals surface area contributed by atoms with Crippen LogP contribution in [0, 0.1) is 5.92 Å². The molecule has 2 aliphatic rings. The third kappa shape index (κ3) is 1.52. The van der Waals surface area contributed by atoms with Crippen LogP contribution in [0.5, 0.6) is 0 Å². The standard InChI is InChI=1S/C7H12BNO/c8-9-3-7(4-9)10-5-6-1-2-6/h6-7H,1-5H2. The smallest absolute Gasteiger partial charge is 0.182 e. The van der Waals surface area contributed by atoms with Gasteiger partial charge in [-0.25, -0.2) is 0 Å². The Balaban J connectivity index is 1.54. The lowest BCUT2D eigenvalue weighted by Crippen LogP contribution is -2.50. The van der Waals surface area contributed by atoms with Crippen molar-refractivity contribution < 1.29 is 4.74 Å². The first-order valence-electron chi connectivity index (χ1n) is 3.96. The molecule has 0 N–H and O–H groups in total. The molecule has 0 spiro atoms. The molecule has 1 heterocycles. The molecule has 54 valence electrons. The highest BCUT2D eigenvalue weighted by Crippen LogP contribution is 2.29. The van der Waals surface area contributed by atoms with E-state index in [2.05, 4.69) is 0 Å². The van der Waals surface area contributed by atoms with E-state index in [0.29, 0.717) is 6.10 Å². The Kier molecular flexibility index (Phi) is 1.70. The van der Waals surface area contributed by atoms with E-state index in [1.54, 1.807) is 4.81 Å². The molecule has 0 bridgehead atoms. The molecular formula is C7H12BNO. The van der Waals surface area contributed by atoms with Crippen molar-refractivity contribution in [3.63, 3.8) is 0 Å². The molecule has 1 aliphatic heterocycles. The van der Waals surface area contributed by atoms with Crippen molar-refractivity contribution in [2.45, 2.75) is 18.9 Å². The van der Waals surface area contributed by atoms with Gasteiger partial charge in [-0.1, -0.05) is 0 Å². The van der Waals surface area contributed by atoms with E-state index in [0.717, 1.165) is 25.6 Å². The molecule has 2 fully saturated rings. The molecule has 1 aliphatic carbocycles. The molecule has 0 unspecified atom stereocenters. The fraction of sp³-hybridized carbons (Fsp3) is 1.00. The Morgan fingerprint density at radius 3 is 2.60 bits per heavy atom. The second kappa shape index (κ2) is 2.55. The van der Waals surface area contributed by atoms with Gasteiger partial charge in [0.2, 0.25) is 0 Å². The van der Waals surface area contributed by atoms with E-state index in [1.165, 1.54) is 12.8 Å². The van der Waals surface area contributed by atoms with E-state index in [9.17, 15) is 0 Å². The van der Waals surface area contributed by atoms with Crippen molar-refractivity contribution in [1.29, 1.82) is 0 Å². The van der Waals surface area contributed by atoms with Crippen molar-refractivity contribution >= 4 is 7.98 Å².